The zero-order chi connectivity index (χ0) is 22.2. The van der Waals surface area contributed by atoms with Crippen LogP contribution < -0.4 is 15.4 Å². The van der Waals surface area contributed by atoms with Crippen LogP contribution in [0.15, 0.2) is 66.2 Å². The zero-order valence-corrected chi connectivity index (χ0v) is 21.5. The molecule has 0 radical (unpaired) electrons. The van der Waals surface area contributed by atoms with E-state index in [0.717, 1.165) is 48.2 Å². The van der Waals surface area contributed by atoms with E-state index < -0.39 is 0 Å². The molecule has 0 spiro atoms. The van der Waals surface area contributed by atoms with Crippen molar-refractivity contribution < 1.29 is 9.47 Å². The second kappa shape index (κ2) is 12.6. The van der Waals surface area contributed by atoms with Gasteiger partial charge in [0, 0.05) is 50.6 Å². The van der Waals surface area contributed by atoms with Crippen LogP contribution in [0.3, 0.4) is 0 Å². The third-order valence-electron chi connectivity index (χ3n) is 5.61. The lowest BCUT2D eigenvalue weighted by Crippen LogP contribution is -2.36. The molecule has 1 aliphatic rings. The number of hydrogen-bond donors (Lipinski definition) is 2. The quantitative estimate of drug-likeness (QED) is 0.247. The first-order valence-corrected chi connectivity index (χ1v) is 11.0. The van der Waals surface area contributed by atoms with Crippen molar-refractivity contribution in [2.75, 3.05) is 26.9 Å². The van der Waals surface area contributed by atoms with Crippen molar-refractivity contribution in [2.24, 2.45) is 10.9 Å². The molecule has 2 heterocycles. The van der Waals surface area contributed by atoms with Crippen LogP contribution in [0, 0.1) is 12.8 Å². The number of benzene rings is 2. The van der Waals surface area contributed by atoms with Gasteiger partial charge in [0.2, 0.25) is 0 Å². The molecule has 0 amide bonds. The van der Waals surface area contributed by atoms with Gasteiger partial charge >= 0.3 is 0 Å². The lowest BCUT2D eigenvalue weighted by Gasteiger charge is -2.17. The largest absolute Gasteiger partial charge is 0.493 e. The molecule has 1 fully saturated rings. The highest BCUT2D eigenvalue weighted by Gasteiger charge is 2.17. The maximum atomic E-state index is 6.17. The number of nitrogens with one attached hydrogen (secondary N) is 2. The Kier molecular flexibility index (Phi) is 9.56. The van der Waals surface area contributed by atoms with E-state index in [-0.39, 0.29) is 24.0 Å². The first kappa shape index (κ1) is 25.0. The van der Waals surface area contributed by atoms with Crippen molar-refractivity contribution in [3.63, 3.8) is 0 Å². The second-order valence-corrected chi connectivity index (χ2v) is 8.03. The Balaban J connectivity index is 0.00000306. The highest BCUT2D eigenvalue weighted by molar-refractivity contribution is 14.0. The lowest BCUT2D eigenvalue weighted by molar-refractivity contribution is 0.166. The van der Waals surface area contributed by atoms with Crippen LogP contribution in [-0.4, -0.2) is 42.4 Å². The molecule has 7 nitrogen and oxygen atoms in total. The number of para-hydroxylation sites is 1. The van der Waals surface area contributed by atoms with E-state index in [4.69, 9.17) is 9.47 Å². The Morgan fingerprint density at radius 2 is 2.00 bits per heavy atom. The van der Waals surface area contributed by atoms with Gasteiger partial charge in [0.25, 0.3) is 0 Å². The molecular formula is C25H32IN5O2. The first-order chi connectivity index (χ1) is 15.7. The molecule has 33 heavy (non-hydrogen) atoms. The molecule has 1 unspecified atom stereocenters. The van der Waals surface area contributed by atoms with Gasteiger partial charge in [-0.25, -0.2) is 4.98 Å². The van der Waals surface area contributed by atoms with Gasteiger partial charge in [0.15, 0.2) is 5.96 Å². The van der Waals surface area contributed by atoms with Gasteiger partial charge < -0.3 is 24.7 Å². The number of halogens is 1. The Bertz CT molecular complexity index is 1030. The Morgan fingerprint density at radius 3 is 2.73 bits per heavy atom. The van der Waals surface area contributed by atoms with E-state index in [1.165, 1.54) is 5.56 Å². The molecule has 2 N–H and O–H groups in total. The summed E-state index contributed by atoms with van der Waals surface area (Å²) in [4.78, 5) is 8.54. The van der Waals surface area contributed by atoms with Crippen molar-refractivity contribution in [3.8, 4) is 11.4 Å². The summed E-state index contributed by atoms with van der Waals surface area (Å²) in [6.45, 7) is 5.67. The molecule has 1 aromatic heterocycles. The number of guanidine groups is 1. The highest BCUT2D eigenvalue weighted by atomic mass is 127. The Morgan fingerprint density at radius 1 is 1.18 bits per heavy atom. The van der Waals surface area contributed by atoms with E-state index in [2.05, 4.69) is 57.9 Å². The summed E-state index contributed by atoms with van der Waals surface area (Å²) in [6.07, 6.45) is 6.60. The van der Waals surface area contributed by atoms with Gasteiger partial charge in [-0.2, -0.15) is 0 Å². The summed E-state index contributed by atoms with van der Waals surface area (Å²) < 4.78 is 13.6. The summed E-state index contributed by atoms with van der Waals surface area (Å²) in [7, 11) is 1.78. The number of nitrogens with zero attached hydrogens (tertiary/aromatic N) is 3. The van der Waals surface area contributed by atoms with E-state index in [9.17, 15) is 0 Å². The standard InChI is InChI=1S/C25H31N5O2.HI/c1-19-7-8-22(24(13-19)32-17-20-9-12-31-16-20)15-29-25(26-2)28-14-21-5-3-4-6-23(21)30-11-10-27-18-30;/h3-8,10-11,13,18,20H,9,12,14-17H2,1-2H3,(H2,26,28,29);1H. The number of imidazole rings is 1. The van der Waals surface area contributed by atoms with Gasteiger partial charge in [0.05, 0.1) is 25.2 Å². The topological polar surface area (TPSA) is 72.7 Å². The molecule has 1 atom stereocenters. The Hall–Kier alpha value is -2.59. The van der Waals surface area contributed by atoms with Crippen LogP contribution in [0.2, 0.25) is 0 Å². The monoisotopic (exact) mass is 561 g/mol. The summed E-state index contributed by atoms with van der Waals surface area (Å²) in [6, 6.07) is 14.6. The van der Waals surface area contributed by atoms with Crippen molar-refractivity contribution in [2.45, 2.75) is 26.4 Å². The van der Waals surface area contributed by atoms with Gasteiger partial charge in [-0.3, -0.25) is 4.99 Å². The maximum absolute atomic E-state index is 6.17. The first-order valence-electron chi connectivity index (χ1n) is 11.0. The second-order valence-electron chi connectivity index (χ2n) is 8.03. The van der Waals surface area contributed by atoms with E-state index in [1.807, 2.05) is 29.2 Å². The summed E-state index contributed by atoms with van der Waals surface area (Å²) >= 11 is 0. The summed E-state index contributed by atoms with van der Waals surface area (Å²) in [5.41, 5.74) is 4.55. The minimum atomic E-state index is 0. The summed E-state index contributed by atoms with van der Waals surface area (Å²) in [5, 5.41) is 6.83. The number of aryl methyl sites for hydroxylation is 1. The van der Waals surface area contributed by atoms with E-state index >= 15 is 0 Å². The molecule has 0 aliphatic carbocycles. The minimum Gasteiger partial charge on any atom is -0.493 e. The zero-order valence-electron chi connectivity index (χ0n) is 19.2. The fourth-order valence-electron chi connectivity index (χ4n) is 3.76. The number of rotatable bonds is 8. The predicted octanol–water partition coefficient (Wildman–Crippen LogP) is 4.08. The van der Waals surface area contributed by atoms with Crippen LogP contribution in [0.4, 0.5) is 0 Å². The van der Waals surface area contributed by atoms with Crippen LogP contribution >= 0.6 is 24.0 Å². The third-order valence-corrected chi connectivity index (χ3v) is 5.61. The average molecular weight is 561 g/mol. The number of ether oxygens (including phenoxy) is 2. The van der Waals surface area contributed by atoms with Crippen LogP contribution in [0.1, 0.15) is 23.1 Å². The molecule has 0 bridgehead atoms. The SMILES string of the molecule is CN=C(NCc1ccc(C)cc1OCC1CCOC1)NCc1ccccc1-n1ccnc1.I. The van der Waals surface area contributed by atoms with Crippen molar-refractivity contribution in [1.82, 2.24) is 20.2 Å². The van der Waals surface area contributed by atoms with Gasteiger partial charge in [0.1, 0.15) is 5.75 Å². The molecule has 2 aromatic carbocycles. The highest BCUT2D eigenvalue weighted by Crippen LogP contribution is 2.22. The van der Waals surface area contributed by atoms with Gasteiger partial charge in [-0.15, -0.1) is 24.0 Å². The minimum absolute atomic E-state index is 0. The van der Waals surface area contributed by atoms with Gasteiger partial charge in [-0.1, -0.05) is 30.3 Å². The molecule has 1 aliphatic heterocycles. The van der Waals surface area contributed by atoms with Crippen molar-refractivity contribution in [3.05, 3.63) is 77.9 Å². The molecular weight excluding hydrogens is 529 g/mol. The molecule has 8 heteroatoms. The fourth-order valence-corrected chi connectivity index (χ4v) is 3.76. The van der Waals surface area contributed by atoms with E-state index in [1.54, 1.807) is 13.2 Å². The van der Waals surface area contributed by atoms with Crippen LogP contribution in [0.5, 0.6) is 5.75 Å². The molecule has 4 rings (SSSR count). The number of aliphatic imine (C=N–C) groups is 1. The van der Waals surface area contributed by atoms with Crippen molar-refractivity contribution in [1.29, 1.82) is 0 Å². The van der Waals surface area contributed by atoms with Crippen LogP contribution in [0.25, 0.3) is 5.69 Å². The number of hydrogen-bond acceptors (Lipinski definition) is 4. The molecule has 3 aromatic rings. The number of aromatic nitrogens is 2. The molecule has 176 valence electrons. The van der Waals surface area contributed by atoms with Crippen molar-refractivity contribution >= 4 is 29.9 Å². The normalized spacial score (nSPS) is 15.7. The molecule has 1 saturated heterocycles. The smallest absolute Gasteiger partial charge is 0.191 e. The lowest BCUT2D eigenvalue weighted by atomic mass is 10.1. The maximum Gasteiger partial charge on any atom is 0.191 e. The van der Waals surface area contributed by atoms with Gasteiger partial charge in [-0.05, 0) is 36.6 Å². The van der Waals surface area contributed by atoms with E-state index in [0.29, 0.717) is 25.6 Å². The third kappa shape index (κ3) is 6.94. The van der Waals surface area contributed by atoms with Crippen LogP contribution in [-0.2, 0) is 17.8 Å². The Labute approximate surface area is 212 Å². The fraction of sp³-hybridized carbons (Fsp3) is 0.360. The summed E-state index contributed by atoms with van der Waals surface area (Å²) in [5.74, 6) is 2.13. The average Bonchev–Trinajstić information content (AvgIpc) is 3.53. The predicted molar refractivity (Wildman–Crippen MR) is 142 cm³/mol. The molecule has 0 saturated carbocycles.